The summed E-state index contributed by atoms with van der Waals surface area (Å²) in [5.74, 6) is 1.63. The largest absolute Gasteiger partial charge is 0.396 e. The molecule has 1 saturated heterocycles. The van der Waals surface area contributed by atoms with Crippen molar-refractivity contribution in [3.63, 3.8) is 0 Å². The van der Waals surface area contributed by atoms with Gasteiger partial charge in [-0.1, -0.05) is 6.92 Å². The van der Waals surface area contributed by atoms with Gasteiger partial charge in [0.05, 0.1) is 0 Å². The first-order valence-electron chi connectivity index (χ1n) is 7.81. The fraction of sp³-hybridized carbons (Fsp3) is 1.00. The van der Waals surface area contributed by atoms with Crippen molar-refractivity contribution in [1.82, 2.24) is 10.2 Å². The third-order valence-corrected chi connectivity index (χ3v) is 4.71. The molecule has 1 saturated carbocycles. The van der Waals surface area contributed by atoms with Gasteiger partial charge < -0.3 is 10.4 Å². The molecule has 2 N–H and O–H groups in total. The second-order valence-corrected chi connectivity index (χ2v) is 6.37. The fourth-order valence-corrected chi connectivity index (χ4v) is 3.05. The van der Waals surface area contributed by atoms with E-state index in [0.717, 1.165) is 12.3 Å². The van der Waals surface area contributed by atoms with Crippen LogP contribution in [0.5, 0.6) is 0 Å². The highest BCUT2D eigenvalue weighted by molar-refractivity contribution is 4.87. The van der Waals surface area contributed by atoms with Crippen LogP contribution in [0.2, 0.25) is 0 Å². The molecule has 0 aromatic heterocycles. The first-order chi connectivity index (χ1) is 8.72. The quantitative estimate of drug-likeness (QED) is 0.728. The minimum Gasteiger partial charge on any atom is -0.396 e. The number of aliphatic hydroxyl groups is 1. The maximum absolute atomic E-state index is 9.18. The van der Waals surface area contributed by atoms with Gasteiger partial charge in [-0.3, -0.25) is 4.90 Å². The molecule has 3 nitrogen and oxygen atoms in total. The number of hydrogen-bond donors (Lipinski definition) is 2. The van der Waals surface area contributed by atoms with E-state index < -0.39 is 0 Å². The average molecular weight is 254 g/mol. The van der Waals surface area contributed by atoms with Gasteiger partial charge in [-0.05, 0) is 57.4 Å². The van der Waals surface area contributed by atoms with Crippen LogP contribution in [0.3, 0.4) is 0 Å². The van der Waals surface area contributed by atoms with E-state index in [0.29, 0.717) is 24.6 Å². The smallest absolute Gasteiger partial charge is 0.0434 e. The minimum absolute atomic E-state index is 0.342. The molecule has 3 heteroatoms. The van der Waals surface area contributed by atoms with Crippen molar-refractivity contribution < 1.29 is 5.11 Å². The van der Waals surface area contributed by atoms with Crippen LogP contribution in [0.4, 0.5) is 0 Å². The summed E-state index contributed by atoms with van der Waals surface area (Å²) >= 11 is 0. The van der Waals surface area contributed by atoms with Crippen LogP contribution in [-0.2, 0) is 0 Å². The van der Waals surface area contributed by atoms with Crippen molar-refractivity contribution in [3.05, 3.63) is 0 Å². The van der Waals surface area contributed by atoms with Crippen LogP contribution in [0.1, 0.15) is 46.0 Å². The van der Waals surface area contributed by atoms with Gasteiger partial charge >= 0.3 is 0 Å². The molecule has 3 atom stereocenters. The lowest BCUT2D eigenvalue weighted by Gasteiger charge is -2.41. The Morgan fingerprint density at radius 1 is 1.28 bits per heavy atom. The van der Waals surface area contributed by atoms with Crippen molar-refractivity contribution in [2.45, 2.75) is 58.0 Å². The molecule has 1 aliphatic carbocycles. The second kappa shape index (κ2) is 6.88. The van der Waals surface area contributed by atoms with E-state index in [-0.39, 0.29) is 0 Å². The van der Waals surface area contributed by atoms with Crippen molar-refractivity contribution >= 4 is 0 Å². The molecule has 3 unspecified atom stereocenters. The molecule has 2 aliphatic rings. The summed E-state index contributed by atoms with van der Waals surface area (Å²) in [6, 6.07) is 1.32. The SMILES string of the molecule is CCC(C)N1CC(CCO)CC(NCC2CC2)C1. The number of piperidine rings is 1. The van der Waals surface area contributed by atoms with E-state index in [1.807, 2.05) is 0 Å². The highest BCUT2D eigenvalue weighted by atomic mass is 16.3. The second-order valence-electron chi connectivity index (χ2n) is 6.37. The summed E-state index contributed by atoms with van der Waals surface area (Å²) in [7, 11) is 0. The predicted molar refractivity (Wildman–Crippen MR) is 75.7 cm³/mol. The van der Waals surface area contributed by atoms with E-state index in [2.05, 4.69) is 24.1 Å². The molecule has 0 amide bonds. The Morgan fingerprint density at radius 3 is 2.67 bits per heavy atom. The number of nitrogens with zero attached hydrogens (tertiary/aromatic N) is 1. The third kappa shape index (κ3) is 4.22. The molecule has 0 radical (unpaired) electrons. The molecule has 2 rings (SSSR count). The monoisotopic (exact) mass is 254 g/mol. The molecular weight excluding hydrogens is 224 g/mol. The molecule has 2 fully saturated rings. The lowest BCUT2D eigenvalue weighted by atomic mass is 9.90. The van der Waals surface area contributed by atoms with Crippen molar-refractivity contribution in [2.75, 3.05) is 26.2 Å². The lowest BCUT2D eigenvalue weighted by molar-refractivity contribution is 0.0886. The van der Waals surface area contributed by atoms with Gasteiger partial charge in [0, 0.05) is 31.8 Å². The van der Waals surface area contributed by atoms with Gasteiger partial charge in [0.25, 0.3) is 0 Å². The molecule has 0 aromatic carbocycles. The molecular formula is C15H30N2O. The standard InChI is InChI=1S/C15H30N2O/c1-3-12(2)17-10-14(6-7-18)8-15(11-17)16-9-13-4-5-13/h12-16,18H,3-11H2,1-2H3. The first-order valence-corrected chi connectivity index (χ1v) is 7.81. The number of nitrogens with one attached hydrogen (secondary N) is 1. The summed E-state index contributed by atoms with van der Waals surface area (Å²) in [5, 5.41) is 12.9. The maximum Gasteiger partial charge on any atom is 0.0434 e. The zero-order chi connectivity index (χ0) is 13.0. The Balaban J connectivity index is 1.83. The summed E-state index contributed by atoms with van der Waals surface area (Å²) in [4.78, 5) is 2.62. The molecule has 0 aromatic rings. The van der Waals surface area contributed by atoms with E-state index in [1.54, 1.807) is 0 Å². The summed E-state index contributed by atoms with van der Waals surface area (Å²) in [6.07, 6.45) is 6.29. The van der Waals surface area contributed by atoms with Crippen molar-refractivity contribution in [2.24, 2.45) is 11.8 Å². The predicted octanol–water partition coefficient (Wildman–Crippen LogP) is 1.86. The molecule has 18 heavy (non-hydrogen) atoms. The van der Waals surface area contributed by atoms with Crippen LogP contribution in [0.25, 0.3) is 0 Å². The van der Waals surface area contributed by atoms with Gasteiger partial charge in [-0.25, -0.2) is 0 Å². The van der Waals surface area contributed by atoms with Crippen LogP contribution in [-0.4, -0.2) is 48.3 Å². The number of rotatable bonds is 7. The van der Waals surface area contributed by atoms with E-state index in [1.165, 1.54) is 45.3 Å². The van der Waals surface area contributed by atoms with Gasteiger partial charge in [-0.2, -0.15) is 0 Å². The van der Waals surface area contributed by atoms with Gasteiger partial charge in [-0.15, -0.1) is 0 Å². The zero-order valence-corrected chi connectivity index (χ0v) is 12.1. The number of hydrogen-bond acceptors (Lipinski definition) is 3. The normalized spacial score (nSPS) is 31.5. The highest BCUT2D eigenvalue weighted by Crippen LogP contribution is 2.29. The van der Waals surface area contributed by atoms with Crippen molar-refractivity contribution in [3.8, 4) is 0 Å². The molecule has 106 valence electrons. The molecule has 0 spiro atoms. The van der Waals surface area contributed by atoms with Gasteiger partial charge in [0.2, 0.25) is 0 Å². The zero-order valence-electron chi connectivity index (χ0n) is 12.1. The van der Waals surface area contributed by atoms with Crippen LogP contribution < -0.4 is 5.32 Å². The fourth-order valence-electron chi connectivity index (χ4n) is 3.05. The Labute approximate surface area is 112 Å². The highest BCUT2D eigenvalue weighted by Gasteiger charge is 2.30. The Kier molecular flexibility index (Phi) is 5.46. The Morgan fingerprint density at radius 2 is 2.06 bits per heavy atom. The first kappa shape index (κ1) is 14.3. The number of likely N-dealkylation sites (tertiary alicyclic amines) is 1. The summed E-state index contributed by atoms with van der Waals surface area (Å²) in [6.45, 7) is 8.53. The molecule has 1 aliphatic heterocycles. The minimum atomic E-state index is 0.342. The maximum atomic E-state index is 9.18. The van der Waals surface area contributed by atoms with E-state index >= 15 is 0 Å². The molecule has 1 heterocycles. The van der Waals surface area contributed by atoms with Crippen LogP contribution in [0, 0.1) is 11.8 Å². The van der Waals surface area contributed by atoms with Crippen LogP contribution in [0.15, 0.2) is 0 Å². The lowest BCUT2D eigenvalue weighted by Crippen LogP contribution is -2.52. The van der Waals surface area contributed by atoms with Crippen molar-refractivity contribution in [1.29, 1.82) is 0 Å². The topological polar surface area (TPSA) is 35.5 Å². The Bertz CT molecular complexity index is 243. The van der Waals surface area contributed by atoms with E-state index in [9.17, 15) is 5.11 Å². The average Bonchev–Trinajstić information content (AvgIpc) is 3.19. The van der Waals surface area contributed by atoms with Crippen LogP contribution >= 0.6 is 0 Å². The molecule has 0 bridgehead atoms. The Hall–Kier alpha value is -0.120. The van der Waals surface area contributed by atoms with Gasteiger partial charge in [0.15, 0.2) is 0 Å². The van der Waals surface area contributed by atoms with Gasteiger partial charge in [0.1, 0.15) is 0 Å². The summed E-state index contributed by atoms with van der Waals surface area (Å²) in [5.41, 5.74) is 0. The number of aliphatic hydroxyl groups excluding tert-OH is 1. The third-order valence-electron chi connectivity index (χ3n) is 4.71. The summed E-state index contributed by atoms with van der Waals surface area (Å²) < 4.78 is 0. The van der Waals surface area contributed by atoms with E-state index in [4.69, 9.17) is 0 Å².